The van der Waals surface area contributed by atoms with Gasteiger partial charge in [-0.3, -0.25) is 0 Å². The third kappa shape index (κ3) is 2.86. The fourth-order valence-corrected chi connectivity index (χ4v) is 8.94. The Kier molecular flexibility index (Phi) is 4.52. The van der Waals surface area contributed by atoms with Crippen molar-refractivity contribution in [2.24, 2.45) is 34.5 Å². The number of aromatic nitrogens is 1. The molecule has 2 heteroatoms. The van der Waals surface area contributed by atoms with Crippen LogP contribution in [0, 0.1) is 34.5 Å². The molecule has 4 aliphatic carbocycles. The minimum absolute atomic E-state index is 0.370. The smallest absolute Gasteiger partial charge is 0.0454 e. The van der Waals surface area contributed by atoms with E-state index in [-0.39, 0.29) is 0 Å². The van der Waals surface area contributed by atoms with Gasteiger partial charge in [0.25, 0.3) is 0 Å². The van der Waals surface area contributed by atoms with Crippen LogP contribution in [0.15, 0.2) is 36.5 Å². The first-order chi connectivity index (χ1) is 14.9. The third-order valence-electron chi connectivity index (χ3n) is 10.8. The van der Waals surface area contributed by atoms with Gasteiger partial charge < -0.3 is 9.88 Å². The topological polar surface area (TPSA) is 19.0 Å². The lowest BCUT2D eigenvalue weighted by Gasteiger charge is -2.61. The molecule has 1 N–H and O–H groups in total. The van der Waals surface area contributed by atoms with Crippen molar-refractivity contribution in [1.82, 2.24) is 9.88 Å². The Bertz CT molecular complexity index is 1010. The second kappa shape index (κ2) is 6.98. The molecule has 166 valence electrons. The van der Waals surface area contributed by atoms with Crippen LogP contribution in [0.3, 0.4) is 0 Å². The molecule has 31 heavy (non-hydrogen) atoms. The van der Waals surface area contributed by atoms with Crippen LogP contribution < -0.4 is 0 Å². The van der Waals surface area contributed by atoms with E-state index >= 15 is 0 Å². The standard InChI is InChI=1S/C29H40N2/c1-28-14-11-22(31(3)4)18-21(28)6-7-23-25-9-8-24(29(25,2)15-12-26(23)28)19-5-10-27-20(17-19)13-16-30-27/h5,8,10,13,16-17,21-23,25-26,30H,6-7,9,11-12,14-15,18H2,1-4H3/t21-,22+,23-,25-,26-,28-,29+/m0/s1. The van der Waals surface area contributed by atoms with E-state index in [2.05, 4.69) is 74.4 Å². The van der Waals surface area contributed by atoms with Crippen molar-refractivity contribution >= 4 is 16.5 Å². The maximum Gasteiger partial charge on any atom is 0.0454 e. The van der Waals surface area contributed by atoms with Gasteiger partial charge in [0.05, 0.1) is 0 Å². The average molecular weight is 417 g/mol. The van der Waals surface area contributed by atoms with E-state index in [1.165, 1.54) is 67.8 Å². The number of benzene rings is 1. The van der Waals surface area contributed by atoms with Crippen molar-refractivity contribution < 1.29 is 0 Å². The van der Waals surface area contributed by atoms with Crippen molar-refractivity contribution in [3.8, 4) is 0 Å². The summed E-state index contributed by atoms with van der Waals surface area (Å²) in [5.41, 5.74) is 5.34. The van der Waals surface area contributed by atoms with Crippen LogP contribution in [-0.4, -0.2) is 30.0 Å². The molecule has 3 fully saturated rings. The molecule has 7 atom stereocenters. The molecule has 1 heterocycles. The van der Waals surface area contributed by atoms with E-state index in [9.17, 15) is 0 Å². The summed E-state index contributed by atoms with van der Waals surface area (Å²) in [5.74, 6) is 3.68. The predicted octanol–water partition coefficient (Wildman–Crippen LogP) is 7.13. The molecule has 3 saturated carbocycles. The molecular weight excluding hydrogens is 376 g/mol. The van der Waals surface area contributed by atoms with Gasteiger partial charge in [0.2, 0.25) is 0 Å². The highest BCUT2D eigenvalue weighted by Crippen LogP contribution is 2.67. The maximum absolute atomic E-state index is 3.36. The van der Waals surface area contributed by atoms with Crippen molar-refractivity contribution in [1.29, 1.82) is 0 Å². The Morgan fingerprint density at radius 3 is 2.68 bits per heavy atom. The molecule has 1 aromatic heterocycles. The third-order valence-corrected chi connectivity index (χ3v) is 10.8. The van der Waals surface area contributed by atoms with E-state index in [1.807, 2.05) is 0 Å². The Morgan fingerprint density at radius 1 is 0.968 bits per heavy atom. The number of aromatic amines is 1. The van der Waals surface area contributed by atoms with Gasteiger partial charge >= 0.3 is 0 Å². The first-order valence-electron chi connectivity index (χ1n) is 12.8. The zero-order chi connectivity index (χ0) is 21.4. The molecule has 1 aromatic carbocycles. The van der Waals surface area contributed by atoms with Crippen LogP contribution in [0.4, 0.5) is 0 Å². The van der Waals surface area contributed by atoms with Crippen LogP contribution in [0.1, 0.15) is 70.8 Å². The molecule has 0 unspecified atom stereocenters. The lowest BCUT2D eigenvalue weighted by atomic mass is 9.44. The molecular formula is C29H40N2. The fraction of sp³-hybridized carbons (Fsp3) is 0.655. The second-order valence-corrected chi connectivity index (χ2v) is 12.1. The molecule has 0 saturated heterocycles. The highest BCUT2D eigenvalue weighted by atomic mass is 15.1. The number of nitrogens with one attached hydrogen (secondary N) is 1. The minimum Gasteiger partial charge on any atom is -0.361 e. The number of rotatable bonds is 2. The summed E-state index contributed by atoms with van der Waals surface area (Å²) in [6, 6.07) is 10.1. The molecule has 0 spiro atoms. The Hall–Kier alpha value is -1.54. The molecule has 0 radical (unpaired) electrons. The molecule has 0 bridgehead atoms. The number of nitrogens with zero attached hydrogens (tertiary/aromatic N) is 1. The van der Waals surface area contributed by atoms with E-state index in [1.54, 1.807) is 5.57 Å². The normalized spacial score (nSPS) is 42.2. The SMILES string of the molecule is CN(C)[C@@H]1CC[C@@]2(C)[C@@H](CC[C@@H]3[C@@H]2CC[C@]2(C)C(c4ccc5[nH]ccc5c4)=CC[C@@H]32)C1. The monoisotopic (exact) mass is 416 g/mol. The summed E-state index contributed by atoms with van der Waals surface area (Å²) in [5, 5.41) is 1.35. The maximum atomic E-state index is 3.36. The number of fused-ring (bicyclic) bond motifs is 6. The largest absolute Gasteiger partial charge is 0.361 e. The average Bonchev–Trinajstić information content (AvgIpc) is 3.36. The van der Waals surface area contributed by atoms with Crippen LogP contribution in [0.25, 0.3) is 16.5 Å². The van der Waals surface area contributed by atoms with Crippen molar-refractivity contribution in [2.45, 2.75) is 71.3 Å². The zero-order valence-corrected chi connectivity index (χ0v) is 20.0. The van der Waals surface area contributed by atoms with Gasteiger partial charge in [0.15, 0.2) is 0 Å². The van der Waals surface area contributed by atoms with Crippen LogP contribution in [-0.2, 0) is 0 Å². The summed E-state index contributed by atoms with van der Waals surface area (Å²) >= 11 is 0. The van der Waals surface area contributed by atoms with Gasteiger partial charge in [-0.25, -0.2) is 0 Å². The molecule has 0 aliphatic heterocycles. The lowest BCUT2D eigenvalue weighted by Crippen LogP contribution is -2.54. The van der Waals surface area contributed by atoms with Gasteiger partial charge in [-0.15, -0.1) is 0 Å². The number of hydrogen-bond donors (Lipinski definition) is 1. The summed E-state index contributed by atoms with van der Waals surface area (Å²) in [7, 11) is 4.59. The molecule has 2 aromatic rings. The Morgan fingerprint density at radius 2 is 1.84 bits per heavy atom. The van der Waals surface area contributed by atoms with E-state index in [0.717, 1.165) is 29.7 Å². The highest BCUT2D eigenvalue weighted by molar-refractivity contribution is 5.85. The Labute approximate surface area is 188 Å². The predicted molar refractivity (Wildman–Crippen MR) is 131 cm³/mol. The van der Waals surface area contributed by atoms with Crippen molar-refractivity contribution in [3.63, 3.8) is 0 Å². The first-order valence-corrected chi connectivity index (χ1v) is 12.8. The van der Waals surface area contributed by atoms with Crippen LogP contribution >= 0.6 is 0 Å². The van der Waals surface area contributed by atoms with Crippen LogP contribution in [0.2, 0.25) is 0 Å². The zero-order valence-electron chi connectivity index (χ0n) is 20.0. The summed E-state index contributed by atoms with van der Waals surface area (Å²) < 4.78 is 0. The second-order valence-electron chi connectivity index (χ2n) is 12.1. The van der Waals surface area contributed by atoms with Gasteiger partial charge in [-0.2, -0.15) is 0 Å². The minimum atomic E-state index is 0.370. The van der Waals surface area contributed by atoms with E-state index in [0.29, 0.717) is 10.8 Å². The van der Waals surface area contributed by atoms with Crippen molar-refractivity contribution in [2.75, 3.05) is 14.1 Å². The molecule has 4 aliphatic rings. The van der Waals surface area contributed by atoms with Gasteiger partial charge in [-0.05, 0) is 135 Å². The lowest BCUT2D eigenvalue weighted by molar-refractivity contribution is -0.106. The number of H-pyrrole nitrogens is 1. The summed E-state index contributed by atoms with van der Waals surface area (Å²) in [6.07, 6.45) is 16.1. The molecule has 0 amide bonds. The molecule has 6 rings (SSSR count). The number of allylic oxidation sites excluding steroid dienone is 2. The quantitative estimate of drug-likeness (QED) is 0.551. The highest BCUT2D eigenvalue weighted by Gasteiger charge is 2.58. The van der Waals surface area contributed by atoms with E-state index < -0.39 is 0 Å². The van der Waals surface area contributed by atoms with Gasteiger partial charge in [-0.1, -0.05) is 26.0 Å². The van der Waals surface area contributed by atoms with Crippen molar-refractivity contribution in [3.05, 3.63) is 42.1 Å². The number of hydrogen-bond acceptors (Lipinski definition) is 1. The van der Waals surface area contributed by atoms with Gasteiger partial charge in [0.1, 0.15) is 0 Å². The first kappa shape index (κ1) is 20.1. The van der Waals surface area contributed by atoms with Crippen LogP contribution in [0.5, 0.6) is 0 Å². The fourth-order valence-electron chi connectivity index (χ4n) is 8.94. The van der Waals surface area contributed by atoms with Gasteiger partial charge in [0, 0.05) is 17.8 Å². The molecule has 2 nitrogen and oxygen atoms in total. The summed E-state index contributed by atoms with van der Waals surface area (Å²) in [4.78, 5) is 5.86. The Balaban J connectivity index is 1.28. The van der Waals surface area contributed by atoms with E-state index in [4.69, 9.17) is 0 Å². The summed E-state index contributed by atoms with van der Waals surface area (Å²) in [6.45, 7) is 5.32.